The van der Waals surface area contributed by atoms with E-state index in [1.807, 2.05) is 6.92 Å². The molecular weight excluding hydrogens is 306 g/mol. The van der Waals surface area contributed by atoms with Gasteiger partial charge < -0.3 is 4.90 Å². The SMILES string of the molecule is Cc1nc(-c2ccc3ccccc3c2)cc(N2CCCCC2)c1C#N. The molecule has 2 heterocycles. The van der Waals surface area contributed by atoms with Crippen molar-refractivity contribution in [2.75, 3.05) is 18.0 Å². The Morgan fingerprint density at radius 3 is 2.48 bits per heavy atom. The maximum atomic E-state index is 9.62. The number of anilines is 1. The number of hydrogen-bond donors (Lipinski definition) is 0. The van der Waals surface area contributed by atoms with Crippen molar-refractivity contribution >= 4 is 16.5 Å². The fourth-order valence-corrected chi connectivity index (χ4v) is 3.67. The van der Waals surface area contributed by atoms with Crippen molar-refractivity contribution in [2.45, 2.75) is 26.2 Å². The molecule has 3 nitrogen and oxygen atoms in total. The highest BCUT2D eigenvalue weighted by molar-refractivity contribution is 5.87. The Balaban J connectivity index is 1.83. The standard InChI is InChI=1S/C22H21N3/c1-16-20(15-23)22(25-11-5-2-6-12-25)14-21(24-16)19-10-9-17-7-3-4-8-18(17)13-19/h3-4,7-10,13-14H,2,5-6,11-12H2,1H3. The third kappa shape index (κ3) is 2.96. The van der Waals surface area contributed by atoms with Gasteiger partial charge in [-0.1, -0.05) is 36.4 Å². The second-order valence-corrected chi connectivity index (χ2v) is 6.71. The van der Waals surface area contributed by atoms with E-state index < -0.39 is 0 Å². The highest BCUT2D eigenvalue weighted by atomic mass is 15.1. The molecule has 1 fully saturated rings. The maximum absolute atomic E-state index is 9.62. The van der Waals surface area contributed by atoms with Gasteiger partial charge in [0.2, 0.25) is 0 Å². The topological polar surface area (TPSA) is 39.9 Å². The minimum atomic E-state index is 0.714. The first-order chi connectivity index (χ1) is 12.3. The Labute approximate surface area is 148 Å². The molecule has 1 aliphatic heterocycles. The van der Waals surface area contributed by atoms with E-state index in [0.29, 0.717) is 5.56 Å². The minimum Gasteiger partial charge on any atom is -0.370 e. The highest BCUT2D eigenvalue weighted by Gasteiger charge is 2.18. The summed E-state index contributed by atoms with van der Waals surface area (Å²) in [4.78, 5) is 7.08. The first-order valence-electron chi connectivity index (χ1n) is 8.92. The number of nitrogens with zero attached hydrogens (tertiary/aromatic N) is 3. The van der Waals surface area contributed by atoms with Crippen molar-refractivity contribution in [3.8, 4) is 17.3 Å². The number of fused-ring (bicyclic) bond motifs is 1. The van der Waals surface area contributed by atoms with Crippen LogP contribution in [0, 0.1) is 18.3 Å². The Hall–Kier alpha value is -2.86. The summed E-state index contributed by atoms with van der Waals surface area (Å²) in [7, 11) is 0. The van der Waals surface area contributed by atoms with Crippen molar-refractivity contribution in [3.63, 3.8) is 0 Å². The zero-order valence-corrected chi connectivity index (χ0v) is 14.5. The molecule has 0 radical (unpaired) electrons. The fraction of sp³-hybridized carbons (Fsp3) is 0.273. The fourth-order valence-electron chi connectivity index (χ4n) is 3.67. The molecule has 2 aromatic carbocycles. The molecule has 0 aliphatic carbocycles. The average molecular weight is 327 g/mol. The van der Waals surface area contributed by atoms with Crippen LogP contribution >= 0.6 is 0 Å². The highest BCUT2D eigenvalue weighted by Crippen LogP contribution is 2.31. The Kier molecular flexibility index (Phi) is 4.11. The molecule has 3 heteroatoms. The molecule has 0 N–H and O–H groups in total. The number of pyridine rings is 1. The van der Waals surface area contributed by atoms with Crippen LogP contribution in [0.3, 0.4) is 0 Å². The summed E-state index contributed by atoms with van der Waals surface area (Å²) < 4.78 is 0. The molecule has 0 amide bonds. The number of hydrogen-bond acceptors (Lipinski definition) is 3. The van der Waals surface area contributed by atoms with Crippen LogP contribution in [0.2, 0.25) is 0 Å². The van der Waals surface area contributed by atoms with E-state index in [1.54, 1.807) is 0 Å². The van der Waals surface area contributed by atoms with Crippen LogP contribution in [0.25, 0.3) is 22.0 Å². The molecule has 4 rings (SSSR count). The lowest BCUT2D eigenvalue weighted by atomic mass is 10.0. The van der Waals surface area contributed by atoms with Crippen molar-refractivity contribution in [2.24, 2.45) is 0 Å². The van der Waals surface area contributed by atoms with E-state index in [4.69, 9.17) is 4.98 Å². The van der Waals surface area contributed by atoms with Crippen molar-refractivity contribution in [3.05, 3.63) is 59.8 Å². The second kappa shape index (κ2) is 6.57. The minimum absolute atomic E-state index is 0.714. The van der Waals surface area contributed by atoms with Crippen LogP contribution in [0.15, 0.2) is 48.5 Å². The summed E-state index contributed by atoms with van der Waals surface area (Å²) in [6.07, 6.45) is 3.66. The molecule has 0 atom stereocenters. The summed E-state index contributed by atoms with van der Waals surface area (Å²) >= 11 is 0. The predicted octanol–water partition coefficient (Wildman–Crippen LogP) is 5.07. The van der Waals surface area contributed by atoms with Gasteiger partial charge in [0.1, 0.15) is 6.07 Å². The van der Waals surface area contributed by atoms with Crippen LogP contribution < -0.4 is 4.90 Å². The Morgan fingerprint density at radius 1 is 0.960 bits per heavy atom. The third-order valence-electron chi connectivity index (χ3n) is 5.03. The third-order valence-corrected chi connectivity index (χ3v) is 5.03. The number of nitriles is 1. The summed E-state index contributed by atoms with van der Waals surface area (Å²) in [5.41, 5.74) is 4.62. The van der Waals surface area contributed by atoms with E-state index in [-0.39, 0.29) is 0 Å². The molecule has 3 aromatic rings. The largest absolute Gasteiger partial charge is 0.370 e. The summed E-state index contributed by atoms with van der Waals surface area (Å²) in [6.45, 7) is 3.99. The van der Waals surface area contributed by atoms with E-state index in [9.17, 15) is 5.26 Å². The van der Waals surface area contributed by atoms with E-state index in [2.05, 4.69) is 59.5 Å². The smallest absolute Gasteiger partial charge is 0.103 e. The molecule has 0 bridgehead atoms. The number of rotatable bonds is 2. The molecule has 0 unspecified atom stereocenters. The lowest BCUT2D eigenvalue weighted by Gasteiger charge is -2.30. The average Bonchev–Trinajstić information content (AvgIpc) is 2.67. The van der Waals surface area contributed by atoms with Gasteiger partial charge in [0.05, 0.1) is 22.6 Å². The van der Waals surface area contributed by atoms with Gasteiger partial charge in [-0.05, 0) is 49.1 Å². The molecule has 1 aromatic heterocycles. The zero-order chi connectivity index (χ0) is 17.2. The van der Waals surface area contributed by atoms with Gasteiger partial charge in [-0.25, -0.2) is 0 Å². The molecule has 25 heavy (non-hydrogen) atoms. The van der Waals surface area contributed by atoms with Crippen LogP contribution in [-0.4, -0.2) is 18.1 Å². The second-order valence-electron chi connectivity index (χ2n) is 6.71. The van der Waals surface area contributed by atoms with Crippen molar-refractivity contribution in [1.29, 1.82) is 5.26 Å². The van der Waals surface area contributed by atoms with E-state index in [0.717, 1.165) is 35.7 Å². The van der Waals surface area contributed by atoms with Gasteiger partial charge in [0.25, 0.3) is 0 Å². The molecule has 0 saturated carbocycles. The van der Waals surface area contributed by atoms with Gasteiger partial charge in [-0.15, -0.1) is 0 Å². The molecule has 124 valence electrons. The van der Waals surface area contributed by atoms with Crippen LogP contribution in [0.5, 0.6) is 0 Å². The van der Waals surface area contributed by atoms with Gasteiger partial charge >= 0.3 is 0 Å². The molecule has 0 spiro atoms. The number of benzene rings is 2. The van der Waals surface area contributed by atoms with Crippen LogP contribution in [-0.2, 0) is 0 Å². The van der Waals surface area contributed by atoms with Crippen LogP contribution in [0.4, 0.5) is 5.69 Å². The Morgan fingerprint density at radius 2 is 1.72 bits per heavy atom. The molecule has 1 aliphatic rings. The zero-order valence-electron chi connectivity index (χ0n) is 14.5. The summed E-state index contributed by atoms with van der Waals surface area (Å²) in [5, 5.41) is 12.1. The number of aromatic nitrogens is 1. The van der Waals surface area contributed by atoms with E-state index in [1.165, 1.54) is 30.0 Å². The van der Waals surface area contributed by atoms with Crippen LogP contribution in [0.1, 0.15) is 30.5 Å². The van der Waals surface area contributed by atoms with E-state index >= 15 is 0 Å². The van der Waals surface area contributed by atoms with Gasteiger partial charge in [-0.2, -0.15) is 5.26 Å². The van der Waals surface area contributed by atoms with Crippen molar-refractivity contribution in [1.82, 2.24) is 4.98 Å². The number of aryl methyl sites for hydroxylation is 1. The van der Waals surface area contributed by atoms with Crippen molar-refractivity contribution < 1.29 is 0 Å². The van der Waals surface area contributed by atoms with Gasteiger partial charge in [0, 0.05) is 18.7 Å². The molecular formula is C22H21N3. The summed E-state index contributed by atoms with van der Waals surface area (Å²) in [5.74, 6) is 0. The van der Waals surface area contributed by atoms with Gasteiger partial charge in [0.15, 0.2) is 0 Å². The van der Waals surface area contributed by atoms with Gasteiger partial charge in [-0.3, -0.25) is 4.98 Å². The normalized spacial score (nSPS) is 14.5. The number of piperidine rings is 1. The predicted molar refractivity (Wildman–Crippen MR) is 103 cm³/mol. The lowest BCUT2D eigenvalue weighted by Crippen LogP contribution is -2.30. The quantitative estimate of drug-likeness (QED) is 0.659. The molecule has 1 saturated heterocycles. The monoisotopic (exact) mass is 327 g/mol. The first-order valence-corrected chi connectivity index (χ1v) is 8.92. The summed E-state index contributed by atoms with van der Waals surface area (Å²) in [6, 6.07) is 19.3. The maximum Gasteiger partial charge on any atom is 0.103 e. The first kappa shape index (κ1) is 15.7. The Bertz CT molecular complexity index is 963. The lowest BCUT2D eigenvalue weighted by molar-refractivity contribution is 0.577.